The molecule has 0 bridgehead atoms. The number of hydrogen-bond donors (Lipinski definition) is 3. The van der Waals surface area contributed by atoms with Crippen molar-refractivity contribution in [1.29, 1.82) is 0 Å². The summed E-state index contributed by atoms with van der Waals surface area (Å²) in [7, 11) is 0. The minimum absolute atomic E-state index is 0.286. The summed E-state index contributed by atoms with van der Waals surface area (Å²) in [6, 6.07) is 15.1. The second kappa shape index (κ2) is 8.79. The summed E-state index contributed by atoms with van der Waals surface area (Å²) < 4.78 is 0. The van der Waals surface area contributed by atoms with Crippen LogP contribution >= 0.6 is 11.8 Å². The summed E-state index contributed by atoms with van der Waals surface area (Å²) in [5.41, 5.74) is 2.47. The van der Waals surface area contributed by atoms with Crippen molar-refractivity contribution in [2.45, 2.75) is 18.3 Å². The number of carbonyl (C=O) groups is 3. The predicted octanol–water partition coefficient (Wildman–Crippen LogP) is 2.84. The fourth-order valence-corrected chi connectivity index (χ4v) is 4.46. The van der Waals surface area contributed by atoms with Gasteiger partial charge in [-0.15, -0.1) is 11.8 Å². The number of carboxylic acids is 1. The summed E-state index contributed by atoms with van der Waals surface area (Å²) in [5.74, 6) is -1.19. The number of carbonyl (C=O) groups excluding carboxylic acids is 2. The number of anilines is 1. The summed E-state index contributed by atoms with van der Waals surface area (Å²) in [6.07, 6.45) is 0. The molecule has 0 aromatic heterocycles. The molecule has 2 aromatic carbocycles. The largest absolute Gasteiger partial charge is 0.480 e. The Morgan fingerprint density at radius 1 is 1.14 bits per heavy atom. The highest BCUT2D eigenvalue weighted by atomic mass is 32.2. The van der Waals surface area contributed by atoms with Crippen LogP contribution in [0.5, 0.6) is 0 Å². The summed E-state index contributed by atoms with van der Waals surface area (Å²) in [5, 5.41) is 14.3. The van der Waals surface area contributed by atoms with Crippen molar-refractivity contribution in [3.05, 3.63) is 65.7 Å². The highest BCUT2D eigenvalue weighted by Crippen LogP contribution is 2.41. The Labute approximate surface area is 167 Å². The molecule has 3 N–H and O–H groups in total. The fraction of sp³-hybridized carbons (Fsp3) is 0.250. The molecular formula is C20H21N3O4S. The van der Waals surface area contributed by atoms with Crippen LogP contribution in [-0.2, 0) is 9.59 Å². The maximum atomic E-state index is 12.8. The van der Waals surface area contributed by atoms with Crippen molar-refractivity contribution in [2.24, 2.45) is 0 Å². The predicted molar refractivity (Wildman–Crippen MR) is 108 cm³/mol. The molecule has 2 atom stereocenters. The van der Waals surface area contributed by atoms with Crippen LogP contribution in [0.1, 0.15) is 16.5 Å². The molecule has 1 heterocycles. The minimum Gasteiger partial charge on any atom is -0.480 e. The lowest BCUT2D eigenvalue weighted by Gasteiger charge is -2.27. The Balaban J connectivity index is 1.66. The molecule has 0 saturated carbocycles. The first-order valence-corrected chi connectivity index (χ1v) is 9.82. The molecule has 28 heavy (non-hydrogen) atoms. The molecule has 1 fully saturated rings. The molecule has 0 spiro atoms. The van der Waals surface area contributed by atoms with E-state index in [1.807, 2.05) is 55.5 Å². The molecule has 8 heteroatoms. The van der Waals surface area contributed by atoms with E-state index in [1.54, 1.807) is 6.07 Å². The Morgan fingerprint density at radius 3 is 2.57 bits per heavy atom. The first kappa shape index (κ1) is 19.8. The Kier molecular flexibility index (Phi) is 6.20. The normalized spacial score (nSPS) is 18.5. The van der Waals surface area contributed by atoms with Gasteiger partial charge in [0.25, 0.3) is 0 Å². The maximum Gasteiger partial charge on any atom is 0.327 e. The third kappa shape index (κ3) is 4.64. The monoisotopic (exact) mass is 399 g/mol. The topological polar surface area (TPSA) is 98.7 Å². The van der Waals surface area contributed by atoms with Gasteiger partial charge in [-0.25, -0.2) is 9.59 Å². The van der Waals surface area contributed by atoms with Gasteiger partial charge in [-0.05, 0) is 30.2 Å². The number of rotatable bonds is 5. The van der Waals surface area contributed by atoms with E-state index in [2.05, 4.69) is 10.6 Å². The Hall–Kier alpha value is -3.00. The van der Waals surface area contributed by atoms with E-state index in [4.69, 9.17) is 0 Å². The number of nitrogens with one attached hydrogen (secondary N) is 2. The first-order valence-electron chi connectivity index (χ1n) is 8.78. The van der Waals surface area contributed by atoms with Crippen LogP contribution in [0.15, 0.2) is 54.6 Å². The van der Waals surface area contributed by atoms with Crippen LogP contribution in [0, 0.1) is 6.92 Å². The molecule has 1 saturated heterocycles. The van der Waals surface area contributed by atoms with Crippen molar-refractivity contribution >= 4 is 35.4 Å². The van der Waals surface area contributed by atoms with Crippen molar-refractivity contribution < 1.29 is 19.5 Å². The van der Waals surface area contributed by atoms with Gasteiger partial charge in [-0.3, -0.25) is 4.79 Å². The van der Waals surface area contributed by atoms with Crippen LogP contribution in [0.4, 0.5) is 10.5 Å². The fourth-order valence-electron chi connectivity index (χ4n) is 3.02. The molecule has 7 nitrogen and oxygen atoms in total. The average molecular weight is 399 g/mol. The highest BCUT2D eigenvalue weighted by Gasteiger charge is 2.42. The summed E-state index contributed by atoms with van der Waals surface area (Å²) >= 11 is 1.40. The van der Waals surface area contributed by atoms with E-state index in [9.17, 15) is 19.5 Å². The van der Waals surface area contributed by atoms with Gasteiger partial charge in [0.2, 0.25) is 5.91 Å². The molecule has 0 radical (unpaired) electrons. The molecule has 3 amide bonds. The number of aliphatic carboxylic acids is 1. The third-order valence-electron chi connectivity index (χ3n) is 4.33. The quantitative estimate of drug-likeness (QED) is 0.718. The van der Waals surface area contributed by atoms with Gasteiger partial charge in [-0.1, -0.05) is 42.5 Å². The molecule has 1 aliphatic rings. The van der Waals surface area contributed by atoms with Crippen molar-refractivity contribution in [1.82, 2.24) is 10.2 Å². The van der Waals surface area contributed by atoms with Gasteiger partial charge < -0.3 is 20.6 Å². The third-order valence-corrected chi connectivity index (χ3v) is 5.66. The van der Waals surface area contributed by atoms with E-state index in [1.165, 1.54) is 16.7 Å². The van der Waals surface area contributed by atoms with Gasteiger partial charge in [0, 0.05) is 11.4 Å². The zero-order chi connectivity index (χ0) is 20.1. The van der Waals surface area contributed by atoms with Crippen LogP contribution in [0.3, 0.4) is 0 Å². The molecular weight excluding hydrogens is 378 g/mol. The Bertz CT molecular complexity index is 875. The van der Waals surface area contributed by atoms with Crippen molar-refractivity contribution in [3.8, 4) is 0 Å². The van der Waals surface area contributed by atoms with Gasteiger partial charge in [0.1, 0.15) is 11.4 Å². The second-order valence-electron chi connectivity index (χ2n) is 6.43. The van der Waals surface area contributed by atoms with E-state index in [-0.39, 0.29) is 6.54 Å². The second-order valence-corrected chi connectivity index (χ2v) is 7.54. The first-order chi connectivity index (χ1) is 13.5. The van der Waals surface area contributed by atoms with Crippen molar-refractivity contribution in [2.75, 3.05) is 17.6 Å². The van der Waals surface area contributed by atoms with E-state index < -0.39 is 29.3 Å². The smallest absolute Gasteiger partial charge is 0.327 e. The van der Waals surface area contributed by atoms with Gasteiger partial charge in [-0.2, -0.15) is 0 Å². The summed E-state index contributed by atoms with van der Waals surface area (Å²) in [4.78, 5) is 37.8. The standard InChI is InChI=1S/C20H21N3O4S/c1-13-6-5-9-15(10-13)22-20(27)21-11-17(24)23-16(19(25)26)12-28-18(23)14-7-3-2-4-8-14/h2-10,16,18H,11-12H2,1H3,(H,25,26)(H2,21,22,27)/t16-,18+/m1/s1. The minimum atomic E-state index is -1.05. The van der Waals surface area contributed by atoms with Crippen LogP contribution in [0.2, 0.25) is 0 Å². The maximum absolute atomic E-state index is 12.8. The molecule has 0 aliphatic carbocycles. The molecule has 2 aromatic rings. The lowest BCUT2D eigenvalue weighted by Crippen LogP contribution is -2.47. The van der Waals surface area contributed by atoms with Gasteiger partial charge in [0.15, 0.2) is 0 Å². The van der Waals surface area contributed by atoms with E-state index in [0.717, 1.165) is 11.1 Å². The molecule has 1 aliphatic heterocycles. The summed E-state index contributed by atoms with van der Waals surface area (Å²) in [6.45, 7) is 1.62. The SMILES string of the molecule is Cc1cccc(NC(=O)NCC(=O)N2[C@@H](C(=O)O)CS[C@H]2c2ccccc2)c1. The molecule has 0 unspecified atom stereocenters. The number of benzene rings is 2. The van der Waals surface area contributed by atoms with Crippen LogP contribution < -0.4 is 10.6 Å². The van der Waals surface area contributed by atoms with Gasteiger partial charge >= 0.3 is 12.0 Å². The lowest BCUT2D eigenvalue weighted by molar-refractivity contribution is -0.148. The number of nitrogens with zero attached hydrogens (tertiary/aromatic N) is 1. The zero-order valence-electron chi connectivity index (χ0n) is 15.3. The number of hydrogen-bond acceptors (Lipinski definition) is 4. The van der Waals surface area contributed by atoms with E-state index in [0.29, 0.717) is 11.4 Å². The van der Waals surface area contributed by atoms with Crippen LogP contribution in [0.25, 0.3) is 0 Å². The highest BCUT2D eigenvalue weighted by molar-refractivity contribution is 7.99. The number of thioether (sulfide) groups is 1. The van der Waals surface area contributed by atoms with Gasteiger partial charge in [0.05, 0.1) is 6.54 Å². The molecule has 3 rings (SSSR count). The van der Waals surface area contributed by atoms with E-state index >= 15 is 0 Å². The molecule has 146 valence electrons. The number of urea groups is 1. The van der Waals surface area contributed by atoms with Crippen LogP contribution in [-0.4, -0.2) is 46.3 Å². The number of aryl methyl sites for hydroxylation is 1. The Morgan fingerprint density at radius 2 is 1.89 bits per heavy atom. The van der Waals surface area contributed by atoms with Crippen molar-refractivity contribution in [3.63, 3.8) is 0 Å². The average Bonchev–Trinajstić information content (AvgIpc) is 3.12. The lowest BCUT2D eigenvalue weighted by atomic mass is 10.1. The number of amides is 3. The number of carboxylic acid groups (broad SMARTS) is 1. The zero-order valence-corrected chi connectivity index (χ0v) is 16.1.